The van der Waals surface area contributed by atoms with Crippen LogP contribution in [-0.2, 0) is 6.54 Å². The molecule has 0 fully saturated rings. The zero-order valence-corrected chi connectivity index (χ0v) is 13.3. The quantitative estimate of drug-likeness (QED) is 0.675. The van der Waals surface area contributed by atoms with Crippen molar-refractivity contribution in [2.75, 3.05) is 0 Å². The number of hydrogen-bond acceptors (Lipinski definition) is 2. The Morgan fingerprint density at radius 3 is 2.35 bits per heavy atom. The number of phenolic OH excluding ortho intramolecular Hbond substituents is 1. The van der Waals surface area contributed by atoms with E-state index in [0.29, 0.717) is 12.3 Å². The van der Waals surface area contributed by atoms with Crippen molar-refractivity contribution in [2.45, 2.75) is 26.2 Å². The molecular formula is C17H21NOSi. The Morgan fingerprint density at radius 2 is 1.70 bits per heavy atom. The highest BCUT2D eigenvalue weighted by Gasteiger charge is 2.21. The second-order valence-electron chi connectivity index (χ2n) is 5.95. The van der Waals surface area contributed by atoms with Gasteiger partial charge >= 0.3 is 0 Å². The van der Waals surface area contributed by atoms with Gasteiger partial charge in [-0.2, -0.15) is 0 Å². The normalized spacial score (nSPS) is 11.9. The zero-order chi connectivity index (χ0) is 14.6. The molecule has 2 rings (SSSR count). The van der Waals surface area contributed by atoms with Gasteiger partial charge < -0.3 is 5.11 Å². The molecule has 0 aromatic heterocycles. The number of rotatable bonds is 4. The standard InChI is InChI=1S/C17H21NOSi/c1-20(2,3)16-11-7-10-15(17(16)19)13-18-12-14-8-5-4-6-9-14/h4-11,13,19H,12H2,1-3H3. The lowest BCUT2D eigenvalue weighted by Crippen LogP contribution is -2.37. The van der Waals surface area contributed by atoms with Crippen LogP contribution in [0, 0.1) is 0 Å². The molecule has 0 aliphatic carbocycles. The lowest BCUT2D eigenvalue weighted by atomic mass is 10.2. The van der Waals surface area contributed by atoms with Gasteiger partial charge in [-0.15, -0.1) is 0 Å². The highest BCUT2D eigenvalue weighted by Crippen LogP contribution is 2.17. The fourth-order valence-electron chi connectivity index (χ4n) is 2.10. The molecule has 0 unspecified atom stereocenters. The molecule has 0 aliphatic rings. The topological polar surface area (TPSA) is 32.6 Å². The molecule has 2 aromatic rings. The average molecular weight is 283 g/mol. The second kappa shape index (κ2) is 6.05. The van der Waals surface area contributed by atoms with Crippen molar-refractivity contribution in [3.05, 3.63) is 59.7 Å². The van der Waals surface area contributed by atoms with Gasteiger partial charge in [-0.25, -0.2) is 0 Å². The number of nitrogens with zero attached hydrogens (tertiary/aromatic N) is 1. The first-order chi connectivity index (χ1) is 9.48. The zero-order valence-electron chi connectivity index (χ0n) is 12.3. The van der Waals surface area contributed by atoms with Gasteiger partial charge in [0.25, 0.3) is 0 Å². The first kappa shape index (κ1) is 14.5. The summed E-state index contributed by atoms with van der Waals surface area (Å²) in [5, 5.41) is 11.4. The van der Waals surface area contributed by atoms with E-state index in [0.717, 1.165) is 10.8 Å². The Kier molecular flexibility index (Phi) is 4.40. The van der Waals surface area contributed by atoms with Crippen LogP contribution in [0.4, 0.5) is 0 Å². The van der Waals surface area contributed by atoms with Gasteiger partial charge in [-0.1, -0.05) is 62.1 Å². The van der Waals surface area contributed by atoms with Crippen molar-refractivity contribution in [3.63, 3.8) is 0 Å². The minimum atomic E-state index is -1.52. The predicted octanol–water partition coefficient (Wildman–Crippen LogP) is 3.56. The van der Waals surface area contributed by atoms with Crippen LogP contribution in [-0.4, -0.2) is 19.4 Å². The lowest BCUT2D eigenvalue weighted by molar-refractivity contribution is 0.478. The van der Waals surface area contributed by atoms with E-state index in [2.05, 4.69) is 36.8 Å². The third-order valence-corrected chi connectivity index (χ3v) is 5.24. The van der Waals surface area contributed by atoms with Gasteiger partial charge in [0.05, 0.1) is 14.6 Å². The van der Waals surface area contributed by atoms with Crippen molar-refractivity contribution in [2.24, 2.45) is 4.99 Å². The van der Waals surface area contributed by atoms with Crippen molar-refractivity contribution >= 4 is 19.5 Å². The fourth-order valence-corrected chi connectivity index (χ4v) is 3.55. The van der Waals surface area contributed by atoms with Crippen LogP contribution in [0.3, 0.4) is 0 Å². The van der Waals surface area contributed by atoms with Gasteiger partial charge in [0.1, 0.15) is 5.75 Å². The van der Waals surface area contributed by atoms with E-state index < -0.39 is 8.07 Å². The molecule has 0 saturated heterocycles. The van der Waals surface area contributed by atoms with E-state index in [4.69, 9.17) is 0 Å². The summed E-state index contributed by atoms with van der Waals surface area (Å²) in [7, 11) is -1.52. The Bertz CT molecular complexity index is 600. The number of para-hydroxylation sites is 1. The van der Waals surface area contributed by atoms with Crippen LogP contribution in [0.5, 0.6) is 5.75 Å². The molecule has 3 heteroatoms. The summed E-state index contributed by atoms with van der Waals surface area (Å²) < 4.78 is 0. The highest BCUT2D eigenvalue weighted by atomic mass is 28.3. The van der Waals surface area contributed by atoms with E-state index in [1.54, 1.807) is 6.21 Å². The molecule has 0 amide bonds. The van der Waals surface area contributed by atoms with E-state index in [9.17, 15) is 5.11 Å². The van der Waals surface area contributed by atoms with Crippen LogP contribution >= 0.6 is 0 Å². The van der Waals surface area contributed by atoms with Crippen LogP contribution in [0.2, 0.25) is 19.6 Å². The molecule has 0 bridgehead atoms. The Hall–Kier alpha value is -1.87. The molecule has 104 valence electrons. The molecular weight excluding hydrogens is 262 g/mol. The maximum absolute atomic E-state index is 10.4. The van der Waals surface area contributed by atoms with Gasteiger partial charge in [-0.05, 0) is 16.8 Å². The summed E-state index contributed by atoms with van der Waals surface area (Å²) in [6.07, 6.45) is 1.77. The molecule has 1 N–H and O–H groups in total. The van der Waals surface area contributed by atoms with Crippen LogP contribution < -0.4 is 5.19 Å². The number of hydrogen-bond donors (Lipinski definition) is 1. The minimum absolute atomic E-state index is 0.392. The van der Waals surface area contributed by atoms with Gasteiger partial charge in [0, 0.05) is 11.8 Å². The SMILES string of the molecule is C[Si](C)(C)c1cccc(C=NCc2ccccc2)c1O. The molecule has 0 aliphatic heterocycles. The predicted molar refractivity (Wildman–Crippen MR) is 88.8 cm³/mol. The van der Waals surface area contributed by atoms with E-state index in [1.165, 1.54) is 5.56 Å². The van der Waals surface area contributed by atoms with E-state index >= 15 is 0 Å². The van der Waals surface area contributed by atoms with E-state index in [1.807, 2.05) is 36.4 Å². The van der Waals surface area contributed by atoms with Crippen LogP contribution in [0.15, 0.2) is 53.5 Å². The van der Waals surface area contributed by atoms with Crippen molar-refractivity contribution < 1.29 is 5.11 Å². The summed E-state index contributed by atoms with van der Waals surface area (Å²) in [6.45, 7) is 7.32. The lowest BCUT2D eigenvalue weighted by Gasteiger charge is -2.18. The molecule has 0 heterocycles. The third kappa shape index (κ3) is 3.58. The molecule has 0 atom stereocenters. The summed E-state index contributed by atoms with van der Waals surface area (Å²) in [5.41, 5.74) is 1.98. The summed E-state index contributed by atoms with van der Waals surface area (Å²) in [5.74, 6) is 0.392. The monoisotopic (exact) mass is 283 g/mol. The summed E-state index contributed by atoms with van der Waals surface area (Å²) >= 11 is 0. The van der Waals surface area contributed by atoms with E-state index in [-0.39, 0.29) is 0 Å². The molecule has 0 saturated carbocycles. The fraction of sp³-hybridized carbons (Fsp3) is 0.235. The molecule has 2 nitrogen and oxygen atoms in total. The second-order valence-corrected chi connectivity index (χ2v) is 11.0. The largest absolute Gasteiger partial charge is 0.507 e. The first-order valence-electron chi connectivity index (χ1n) is 6.84. The van der Waals surface area contributed by atoms with Crippen molar-refractivity contribution in [1.29, 1.82) is 0 Å². The minimum Gasteiger partial charge on any atom is -0.507 e. The molecule has 2 aromatic carbocycles. The maximum atomic E-state index is 10.4. The maximum Gasteiger partial charge on any atom is 0.123 e. The number of aromatic hydroxyl groups is 1. The van der Waals surface area contributed by atoms with Crippen LogP contribution in [0.1, 0.15) is 11.1 Å². The third-order valence-electron chi connectivity index (χ3n) is 3.22. The molecule has 20 heavy (non-hydrogen) atoms. The number of benzene rings is 2. The number of phenols is 1. The summed E-state index contributed by atoms with van der Waals surface area (Å²) in [6, 6.07) is 16.0. The molecule has 0 spiro atoms. The van der Waals surface area contributed by atoms with Crippen molar-refractivity contribution in [1.82, 2.24) is 0 Å². The van der Waals surface area contributed by atoms with Crippen LogP contribution in [0.25, 0.3) is 0 Å². The average Bonchev–Trinajstić information content (AvgIpc) is 2.40. The Labute approximate surface area is 121 Å². The summed E-state index contributed by atoms with van der Waals surface area (Å²) in [4.78, 5) is 4.43. The van der Waals surface area contributed by atoms with Gasteiger partial charge in [0.2, 0.25) is 0 Å². The number of aliphatic imine (C=N–C) groups is 1. The van der Waals surface area contributed by atoms with Crippen molar-refractivity contribution in [3.8, 4) is 5.75 Å². The smallest absolute Gasteiger partial charge is 0.123 e. The first-order valence-corrected chi connectivity index (χ1v) is 10.3. The molecule has 0 radical (unpaired) electrons. The highest BCUT2D eigenvalue weighted by molar-refractivity contribution is 6.89. The van der Waals surface area contributed by atoms with Gasteiger partial charge in [-0.3, -0.25) is 4.99 Å². The van der Waals surface area contributed by atoms with Gasteiger partial charge in [0.15, 0.2) is 0 Å². The Morgan fingerprint density at radius 1 is 1.00 bits per heavy atom. The Balaban J connectivity index is 2.18.